The van der Waals surface area contributed by atoms with E-state index >= 15 is 0 Å². The van der Waals surface area contributed by atoms with E-state index in [9.17, 15) is 9.90 Å². The lowest BCUT2D eigenvalue weighted by Gasteiger charge is -2.26. The summed E-state index contributed by atoms with van der Waals surface area (Å²) in [6.07, 6.45) is 10.3. The van der Waals surface area contributed by atoms with Gasteiger partial charge in [-0.1, -0.05) is 37.5 Å². The number of carbonyl (C=O) groups is 1. The molecule has 10 nitrogen and oxygen atoms in total. The van der Waals surface area contributed by atoms with Crippen molar-refractivity contribution in [3.8, 4) is 79.0 Å². The number of carboxylic acids is 1. The van der Waals surface area contributed by atoms with Crippen LogP contribution in [0.25, 0.3) is 100 Å². The molecule has 10 aromatic rings. The predicted molar refractivity (Wildman–Crippen MR) is 250 cm³/mol. The summed E-state index contributed by atoms with van der Waals surface area (Å²) in [5.74, 6) is 2.38. The van der Waals surface area contributed by atoms with Crippen molar-refractivity contribution >= 4 is 38.8 Å². The SMILES string of the molecule is COc1ccc(-c2ccco2)c(-c2ccc3cc(-c4nc5c(-c6ccc7ncccc7c6)c(C(=O)O)c(-c6cc(OC)ccc6-c6ccco6)cc5n4C4CCCCC4)ccc3n2)c1. The molecule has 0 unspecified atom stereocenters. The minimum Gasteiger partial charge on any atom is -0.497 e. The Kier molecular flexibility index (Phi) is 9.76. The summed E-state index contributed by atoms with van der Waals surface area (Å²) in [7, 11) is 3.27. The molecule has 0 spiro atoms. The van der Waals surface area contributed by atoms with Crippen LogP contribution in [0.5, 0.6) is 11.5 Å². The predicted octanol–water partition coefficient (Wildman–Crippen LogP) is 13.5. The molecule has 10 heteroatoms. The van der Waals surface area contributed by atoms with Crippen LogP contribution in [0.15, 0.2) is 155 Å². The molecule has 0 saturated heterocycles. The summed E-state index contributed by atoms with van der Waals surface area (Å²) >= 11 is 0. The first-order valence-electron chi connectivity index (χ1n) is 21.5. The molecule has 11 rings (SSSR count). The monoisotopic (exact) mass is 842 g/mol. The lowest BCUT2D eigenvalue weighted by Crippen LogP contribution is -2.14. The Morgan fingerprint density at radius 2 is 1.31 bits per heavy atom. The number of nitrogens with zero attached hydrogens (tertiary/aromatic N) is 4. The number of ether oxygens (including phenoxy) is 2. The fourth-order valence-corrected chi connectivity index (χ4v) is 9.53. The third-order valence-corrected chi connectivity index (χ3v) is 12.6. The first-order valence-corrected chi connectivity index (χ1v) is 21.5. The lowest BCUT2D eigenvalue weighted by molar-refractivity contribution is 0.0698. The molecule has 1 N–H and O–H groups in total. The Morgan fingerprint density at radius 3 is 2.02 bits per heavy atom. The second-order valence-corrected chi connectivity index (χ2v) is 16.2. The summed E-state index contributed by atoms with van der Waals surface area (Å²) in [5, 5.41) is 13.3. The third kappa shape index (κ3) is 6.75. The van der Waals surface area contributed by atoms with Crippen molar-refractivity contribution < 1.29 is 28.2 Å². The number of benzene rings is 5. The highest BCUT2D eigenvalue weighted by atomic mass is 16.5. The molecule has 0 atom stereocenters. The molecule has 5 aromatic heterocycles. The zero-order chi connectivity index (χ0) is 43.3. The smallest absolute Gasteiger partial charge is 0.337 e. The van der Waals surface area contributed by atoms with Gasteiger partial charge in [-0.3, -0.25) is 4.98 Å². The number of hydrogen-bond acceptors (Lipinski definition) is 8. The number of rotatable bonds is 10. The molecule has 314 valence electrons. The molecule has 1 fully saturated rings. The van der Waals surface area contributed by atoms with E-state index in [1.165, 1.54) is 6.42 Å². The number of fused-ring (bicyclic) bond motifs is 3. The topological polar surface area (TPSA) is 126 Å². The van der Waals surface area contributed by atoms with E-state index in [1.807, 2.05) is 109 Å². The van der Waals surface area contributed by atoms with E-state index < -0.39 is 5.97 Å². The number of carboxylic acid groups (broad SMARTS) is 1. The Morgan fingerprint density at radius 1 is 0.641 bits per heavy atom. The maximum Gasteiger partial charge on any atom is 0.337 e. The van der Waals surface area contributed by atoms with Crippen molar-refractivity contribution in [3.63, 3.8) is 0 Å². The number of pyridine rings is 2. The maximum absolute atomic E-state index is 14.0. The van der Waals surface area contributed by atoms with Gasteiger partial charge in [0.1, 0.15) is 28.8 Å². The van der Waals surface area contributed by atoms with Gasteiger partial charge in [0, 0.05) is 50.8 Å². The Balaban J connectivity index is 1.17. The quantitative estimate of drug-likeness (QED) is 0.143. The number of aromatic nitrogens is 4. The van der Waals surface area contributed by atoms with Crippen LogP contribution in [0.3, 0.4) is 0 Å². The summed E-state index contributed by atoms with van der Waals surface area (Å²) in [4.78, 5) is 29.3. The molecule has 0 radical (unpaired) electrons. The van der Waals surface area contributed by atoms with Gasteiger partial charge in [-0.05, 0) is 139 Å². The zero-order valence-corrected chi connectivity index (χ0v) is 35.2. The number of methoxy groups -OCH3 is 2. The van der Waals surface area contributed by atoms with Gasteiger partial charge in [0.15, 0.2) is 0 Å². The molecular weight excluding hydrogens is 801 g/mol. The van der Waals surface area contributed by atoms with Crippen LogP contribution in [0.4, 0.5) is 0 Å². The summed E-state index contributed by atoms with van der Waals surface area (Å²) in [5.41, 5.74) is 9.97. The van der Waals surface area contributed by atoms with Gasteiger partial charge in [0.05, 0.1) is 60.1 Å². The summed E-state index contributed by atoms with van der Waals surface area (Å²) in [6.45, 7) is 0. The van der Waals surface area contributed by atoms with Crippen molar-refractivity contribution in [1.29, 1.82) is 0 Å². The van der Waals surface area contributed by atoms with E-state index in [4.69, 9.17) is 28.3 Å². The van der Waals surface area contributed by atoms with E-state index in [0.29, 0.717) is 33.7 Å². The summed E-state index contributed by atoms with van der Waals surface area (Å²) in [6, 6.07) is 41.5. The van der Waals surface area contributed by atoms with Gasteiger partial charge >= 0.3 is 5.97 Å². The maximum atomic E-state index is 14.0. The highest BCUT2D eigenvalue weighted by Crippen LogP contribution is 2.47. The molecular formula is C54H42N4O6. The van der Waals surface area contributed by atoms with Crippen LogP contribution in [-0.2, 0) is 0 Å². The van der Waals surface area contributed by atoms with Gasteiger partial charge in [-0.15, -0.1) is 0 Å². The highest BCUT2D eigenvalue weighted by molar-refractivity contribution is 6.13. The van der Waals surface area contributed by atoms with Crippen molar-refractivity contribution in [1.82, 2.24) is 19.5 Å². The van der Waals surface area contributed by atoms with E-state index in [2.05, 4.69) is 27.8 Å². The van der Waals surface area contributed by atoms with Crippen LogP contribution >= 0.6 is 0 Å². The van der Waals surface area contributed by atoms with E-state index in [0.717, 1.165) is 104 Å². The highest BCUT2D eigenvalue weighted by Gasteiger charge is 2.31. The van der Waals surface area contributed by atoms with E-state index in [-0.39, 0.29) is 11.6 Å². The first-order chi connectivity index (χ1) is 31.4. The molecule has 0 amide bonds. The van der Waals surface area contributed by atoms with Crippen molar-refractivity contribution in [3.05, 3.63) is 152 Å². The number of furan rings is 2. The lowest BCUT2D eigenvalue weighted by atomic mass is 9.87. The number of imidazole rings is 1. The first kappa shape index (κ1) is 38.9. The number of aromatic carboxylic acids is 1. The van der Waals surface area contributed by atoms with Crippen molar-refractivity contribution in [2.75, 3.05) is 14.2 Å². The fraction of sp³-hybridized carbons (Fsp3) is 0.148. The van der Waals surface area contributed by atoms with Crippen molar-refractivity contribution in [2.24, 2.45) is 0 Å². The van der Waals surface area contributed by atoms with Crippen LogP contribution in [0, 0.1) is 0 Å². The van der Waals surface area contributed by atoms with Gasteiger partial charge in [-0.25, -0.2) is 14.8 Å². The van der Waals surface area contributed by atoms with Crippen LogP contribution in [0.1, 0.15) is 48.5 Å². The van der Waals surface area contributed by atoms with Gasteiger partial charge in [-0.2, -0.15) is 0 Å². The van der Waals surface area contributed by atoms with Crippen molar-refractivity contribution in [2.45, 2.75) is 38.1 Å². The van der Waals surface area contributed by atoms with Crippen LogP contribution < -0.4 is 9.47 Å². The summed E-state index contributed by atoms with van der Waals surface area (Å²) < 4.78 is 25.5. The normalized spacial score (nSPS) is 13.2. The Hall–Kier alpha value is -7.98. The molecule has 64 heavy (non-hydrogen) atoms. The Bertz CT molecular complexity index is 3380. The average Bonchev–Trinajstić information content (AvgIpc) is 4.16. The van der Waals surface area contributed by atoms with Crippen LogP contribution in [0.2, 0.25) is 0 Å². The van der Waals surface area contributed by atoms with Gasteiger partial charge < -0.3 is 28.0 Å². The fourth-order valence-electron chi connectivity index (χ4n) is 9.53. The zero-order valence-electron chi connectivity index (χ0n) is 35.2. The standard InChI is InChI=1S/C54H42N4O6/c1-61-37-17-19-39(48-12-7-25-63-48)41(29-37)43-31-47-52(50(51(43)54(59)60)34-15-21-44-32(27-34)9-6-24-55-44)57-53(58(47)36-10-4-3-5-11-36)35-16-22-45-33(28-35)14-23-46(56-45)42-30-38(62-2)18-20-40(42)49-13-8-26-64-49/h6-9,12-31,36H,3-5,10-11H2,1-2H3,(H,59,60). The largest absolute Gasteiger partial charge is 0.497 e. The second kappa shape index (κ2) is 16.0. The third-order valence-electron chi connectivity index (χ3n) is 12.6. The van der Waals surface area contributed by atoms with Gasteiger partial charge in [0.2, 0.25) is 0 Å². The van der Waals surface area contributed by atoms with Crippen LogP contribution in [-0.4, -0.2) is 44.8 Å². The number of hydrogen-bond donors (Lipinski definition) is 1. The molecule has 0 aliphatic heterocycles. The molecule has 5 aromatic carbocycles. The Labute approximate surface area is 368 Å². The molecule has 1 aliphatic rings. The second-order valence-electron chi connectivity index (χ2n) is 16.2. The minimum atomic E-state index is -1.07. The molecule has 1 aliphatic carbocycles. The molecule has 0 bridgehead atoms. The van der Waals surface area contributed by atoms with Gasteiger partial charge in [0.25, 0.3) is 0 Å². The average molecular weight is 843 g/mol. The molecule has 5 heterocycles. The minimum absolute atomic E-state index is 0.130. The van der Waals surface area contributed by atoms with E-state index in [1.54, 1.807) is 32.9 Å². The molecule has 1 saturated carbocycles.